The number of hydrogen-bond donors (Lipinski definition) is 1. The second-order valence-corrected chi connectivity index (χ2v) is 8.27. The molecule has 0 spiro atoms. The molecule has 158 valence electrons. The normalized spacial score (nSPS) is 12.6. The maximum Gasteiger partial charge on any atom is 0.338 e. The Morgan fingerprint density at radius 1 is 0.857 bits per heavy atom. The molecule has 0 aliphatic carbocycles. The van der Waals surface area contributed by atoms with Crippen molar-refractivity contribution in [2.24, 2.45) is 5.92 Å². The van der Waals surface area contributed by atoms with Crippen LogP contribution in [0.4, 0.5) is 0 Å². The molecule has 28 heavy (non-hydrogen) atoms. The van der Waals surface area contributed by atoms with Gasteiger partial charge in [0, 0.05) is 0 Å². The zero-order valence-corrected chi connectivity index (χ0v) is 18.1. The molecule has 1 atom stereocenters. The van der Waals surface area contributed by atoms with Gasteiger partial charge in [-0.1, -0.05) is 65.2 Å². The van der Waals surface area contributed by atoms with Crippen LogP contribution in [0.1, 0.15) is 113 Å². The minimum atomic E-state index is -1.00. The van der Waals surface area contributed by atoms with E-state index in [1.165, 1.54) is 62.8 Å². The summed E-state index contributed by atoms with van der Waals surface area (Å²) >= 11 is 0. The third kappa shape index (κ3) is 8.45. The highest BCUT2D eigenvalue weighted by Crippen LogP contribution is 2.32. The Kier molecular flexibility index (Phi) is 10.9. The van der Waals surface area contributed by atoms with Crippen molar-refractivity contribution in [3.8, 4) is 0 Å². The third-order valence-corrected chi connectivity index (χ3v) is 5.52. The first-order valence-corrected chi connectivity index (χ1v) is 10.9. The van der Waals surface area contributed by atoms with Gasteiger partial charge >= 0.3 is 11.9 Å². The van der Waals surface area contributed by atoms with Crippen molar-refractivity contribution in [2.45, 2.75) is 97.5 Å². The van der Waals surface area contributed by atoms with Gasteiger partial charge in [-0.2, -0.15) is 0 Å². The van der Waals surface area contributed by atoms with Crippen LogP contribution in [0.5, 0.6) is 0 Å². The largest absolute Gasteiger partial charge is 0.478 e. The first-order valence-electron chi connectivity index (χ1n) is 10.9. The number of ether oxygens (including phenoxy) is 1. The van der Waals surface area contributed by atoms with Crippen LogP contribution in [0.15, 0.2) is 24.3 Å². The van der Waals surface area contributed by atoms with Gasteiger partial charge in [-0.3, -0.25) is 0 Å². The summed E-state index contributed by atoms with van der Waals surface area (Å²) in [6.45, 7) is 8.43. The van der Waals surface area contributed by atoms with E-state index in [1.807, 2.05) is 13.8 Å². The van der Waals surface area contributed by atoms with E-state index >= 15 is 0 Å². The summed E-state index contributed by atoms with van der Waals surface area (Å²) in [5.41, 5.74) is 0.0211. The number of unbranched alkanes of at least 4 members (excludes halogenated alkanes) is 6. The van der Waals surface area contributed by atoms with E-state index in [0.29, 0.717) is 11.5 Å². The minimum Gasteiger partial charge on any atom is -0.478 e. The number of benzene rings is 1. The lowest BCUT2D eigenvalue weighted by Crippen LogP contribution is -2.37. The van der Waals surface area contributed by atoms with E-state index in [4.69, 9.17) is 9.84 Å². The van der Waals surface area contributed by atoms with Gasteiger partial charge in [-0.25, -0.2) is 9.59 Å². The monoisotopic (exact) mass is 390 g/mol. The zero-order valence-electron chi connectivity index (χ0n) is 18.1. The molecule has 1 aromatic rings. The molecule has 4 heteroatoms. The molecule has 1 unspecified atom stereocenters. The van der Waals surface area contributed by atoms with Crippen LogP contribution < -0.4 is 0 Å². The maximum absolute atomic E-state index is 12.6. The van der Waals surface area contributed by atoms with Crippen molar-refractivity contribution in [2.75, 3.05) is 0 Å². The molecule has 0 fully saturated rings. The number of hydrogen-bond acceptors (Lipinski definition) is 3. The van der Waals surface area contributed by atoms with Gasteiger partial charge < -0.3 is 9.84 Å². The zero-order chi connectivity index (χ0) is 21.0. The van der Waals surface area contributed by atoms with Gasteiger partial charge in [0.05, 0.1) is 11.1 Å². The Morgan fingerprint density at radius 3 is 1.93 bits per heavy atom. The first kappa shape index (κ1) is 24.2. The molecule has 1 N–H and O–H groups in total. The topological polar surface area (TPSA) is 63.6 Å². The second-order valence-electron chi connectivity index (χ2n) is 8.27. The molecular weight excluding hydrogens is 352 g/mol. The molecule has 0 aromatic heterocycles. The van der Waals surface area contributed by atoms with Crippen LogP contribution in [-0.4, -0.2) is 22.6 Å². The van der Waals surface area contributed by atoms with E-state index < -0.39 is 11.6 Å². The number of rotatable bonds is 14. The summed E-state index contributed by atoms with van der Waals surface area (Å²) in [6, 6.07) is 5.93. The highest BCUT2D eigenvalue weighted by Gasteiger charge is 2.32. The Hall–Kier alpha value is -1.84. The summed E-state index contributed by atoms with van der Waals surface area (Å²) in [5.74, 6) is -1.05. The number of carboxylic acid groups (broad SMARTS) is 1. The van der Waals surface area contributed by atoms with E-state index in [0.717, 1.165) is 25.7 Å². The van der Waals surface area contributed by atoms with Gasteiger partial charge in [-0.15, -0.1) is 0 Å². The Labute approximate surface area is 170 Å². The van der Waals surface area contributed by atoms with Gasteiger partial charge in [-0.05, 0) is 56.9 Å². The summed E-state index contributed by atoms with van der Waals surface area (Å²) < 4.78 is 5.89. The fraction of sp³-hybridized carbons (Fsp3) is 0.667. The Bertz CT molecular complexity index is 589. The molecule has 0 bridgehead atoms. The molecule has 0 aliphatic heterocycles. The van der Waals surface area contributed by atoms with Gasteiger partial charge in [0.1, 0.15) is 5.60 Å². The fourth-order valence-electron chi connectivity index (χ4n) is 3.59. The maximum atomic E-state index is 12.6. The fourth-order valence-corrected chi connectivity index (χ4v) is 3.59. The lowest BCUT2D eigenvalue weighted by atomic mass is 9.82. The molecule has 0 saturated carbocycles. The lowest BCUT2D eigenvalue weighted by Gasteiger charge is -2.34. The SMILES string of the molecule is CCCCCCCCC(CCCC)C(C)(C)OC(=O)c1ccc(C(=O)O)cc1. The molecule has 0 heterocycles. The predicted octanol–water partition coefficient (Wildman–Crippen LogP) is 6.88. The number of carbonyl (C=O) groups is 2. The summed E-state index contributed by atoms with van der Waals surface area (Å²) in [4.78, 5) is 23.6. The van der Waals surface area contributed by atoms with Crippen LogP contribution in [-0.2, 0) is 4.74 Å². The quantitative estimate of drug-likeness (QED) is 0.278. The van der Waals surface area contributed by atoms with Crippen LogP contribution in [0.3, 0.4) is 0 Å². The van der Waals surface area contributed by atoms with Crippen LogP contribution in [0, 0.1) is 5.92 Å². The Balaban J connectivity index is 2.67. The number of aromatic carboxylic acids is 1. The molecule has 4 nitrogen and oxygen atoms in total. The van der Waals surface area contributed by atoms with Gasteiger partial charge in [0.25, 0.3) is 0 Å². The van der Waals surface area contributed by atoms with E-state index in [2.05, 4.69) is 13.8 Å². The van der Waals surface area contributed by atoms with Crippen molar-refractivity contribution in [1.29, 1.82) is 0 Å². The molecule has 1 rings (SSSR count). The van der Waals surface area contributed by atoms with Gasteiger partial charge in [0.15, 0.2) is 0 Å². The molecule has 0 aliphatic rings. The van der Waals surface area contributed by atoms with E-state index in [1.54, 1.807) is 0 Å². The average molecular weight is 391 g/mol. The smallest absolute Gasteiger partial charge is 0.338 e. The van der Waals surface area contributed by atoms with E-state index in [-0.39, 0.29) is 11.5 Å². The van der Waals surface area contributed by atoms with Gasteiger partial charge in [0.2, 0.25) is 0 Å². The van der Waals surface area contributed by atoms with Crippen molar-refractivity contribution >= 4 is 11.9 Å². The van der Waals surface area contributed by atoms with Crippen LogP contribution in [0.2, 0.25) is 0 Å². The van der Waals surface area contributed by atoms with Crippen molar-refractivity contribution in [1.82, 2.24) is 0 Å². The van der Waals surface area contributed by atoms with Crippen LogP contribution >= 0.6 is 0 Å². The number of carboxylic acids is 1. The summed E-state index contributed by atoms with van der Waals surface area (Å²) in [5, 5.41) is 8.99. The average Bonchev–Trinajstić information content (AvgIpc) is 2.66. The molecule has 0 saturated heterocycles. The van der Waals surface area contributed by atoms with Crippen molar-refractivity contribution in [3.05, 3.63) is 35.4 Å². The predicted molar refractivity (Wildman–Crippen MR) is 114 cm³/mol. The van der Waals surface area contributed by atoms with Crippen molar-refractivity contribution in [3.63, 3.8) is 0 Å². The minimum absolute atomic E-state index is 0.166. The standard InChI is InChI=1S/C24H38O4/c1-5-7-9-10-11-12-14-21(13-8-6-2)24(3,4)28-23(27)20-17-15-19(16-18-20)22(25)26/h15-18,21H,5-14H2,1-4H3,(H,25,26). The summed E-state index contributed by atoms with van der Waals surface area (Å²) in [6.07, 6.45) is 12.0. The van der Waals surface area contributed by atoms with Crippen molar-refractivity contribution < 1.29 is 19.4 Å². The number of carbonyl (C=O) groups excluding carboxylic acids is 1. The lowest BCUT2D eigenvalue weighted by molar-refractivity contribution is -0.0350. The first-order chi connectivity index (χ1) is 13.3. The third-order valence-electron chi connectivity index (χ3n) is 5.52. The molecule has 1 aromatic carbocycles. The Morgan fingerprint density at radius 2 is 1.36 bits per heavy atom. The molecule has 0 amide bonds. The highest BCUT2D eigenvalue weighted by molar-refractivity contribution is 5.92. The molecule has 0 radical (unpaired) electrons. The second kappa shape index (κ2) is 12.6. The van der Waals surface area contributed by atoms with Crippen LogP contribution in [0.25, 0.3) is 0 Å². The van der Waals surface area contributed by atoms with E-state index in [9.17, 15) is 9.59 Å². The summed E-state index contributed by atoms with van der Waals surface area (Å²) in [7, 11) is 0. The molecular formula is C24H38O4. The number of esters is 1. The highest BCUT2D eigenvalue weighted by atomic mass is 16.6.